The molecule has 0 fully saturated rings. The van der Waals surface area contributed by atoms with E-state index in [9.17, 15) is 4.79 Å². The molecule has 0 amide bonds. The molecular weight excluding hydrogens is 346 g/mol. The summed E-state index contributed by atoms with van der Waals surface area (Å²) in [5, 5.41) is 8.76. The fourth-order valence-corrected chi connectivity index (χ4v) is 3.62. The van der Waals surface area contributed by atoms with Crippen molar-refractivity contribution in [2.75, 3.05) is 5.32 Å². The molecule has 1 aliphatic carbocycles. The van der Waals surface area contributed by atoms with Gasteiger partial charge in [0.1, 0.15) is 0 Å². The zero-order valence-electron chi connectivity index (χ0n) is 14.8. The molecule has 1 N–H and O–H groups in total. The monoisotopic (exact) mass is 365 g/mol. The fraction of sp³-hybridized carbons (Fsp3) is 0.238. The molecule has 132 valence electrons. The van der Waals surface area contributed by atoms with Crippen LogP contribution in [0.25, 0.3) is 5.69 Å². The maximum atomic E-state index is 12.8. The van der Waals surface area contributed by atoms with Crippen LogP contribution < -0.4 is 5.32 Å². The highest BCUT2D eigenvalue weighted by atomic mass is 35.5. The lowest BCUT2D eigenvalue weighted by molar-refractivity contribution is 0.0953. The number of aryl methyl sites for hydroxylation is 1. The van der Waals surface area contributed by atoms with Crippen LogP contribution in [0, 0.1) is 12.8 Å². The minimum absolute atomic E-state index is 0.147. The van der Waals surface area contributed by atoms with Crippen molar-refractivity contribution in [3.05, 3.63) is 70.4 Å². The quantitative estimate of drug-likeness (QED) is 0.681. The number of nitrogens with zero attached hydrogens (tertiary/aromatic N) is 2. The summed E-state index contributed by atoms with van der Waals surface area (Å²) >= 11 is 6.02. The Morgan fingerprint density at radius 3 is 2.65 bits per heavy atom. The third-order valence-electron chi connectivity index (χ3n) is 4.69. The van der Waals surface area contributed by atoms with Gasteiger partial charge >= 0.3 is 0 Å². The molecule has 3 aromatic rings. The molecule has 0 aliphatic heterocycles. The van der Waals surface area contributed by atoms with E-state index in [1.54, 1.807) is 0 Å². The van der Waals surface area contributed by atoms with Gasteiger partial charge in [-0.3, -0.25) is 4.79 Å². The number of Topliss-reactive ketones (excluding diaryl/α,β-unsaturated/α-hetero) is 1. The highest BCUT2D eigenvalue weighted by Gasteiger charge is 2.31. The van der Waals surface area contributed by atoms with Gasteiger partial charge in [0.15, 0.2) is 11.6 Å². The summed E-state index contributed by atoms with van der Waals surface area (Å²) in [5.41, 5.74) is 4.66. The SMILES string of the molecule is Cc1cccc(Nc2nn(-c3ccc(Cl)cc3)c3c2C(=O)CC(C)C3)c1. The number of carbonyl (C=O) groups is 1. The summed E-state index contributed by atoms with van der Waals surface area (Å²) in [6.07, 6.45) is 1.38. The van der Waals surface area contributed by atoms with Crippen LogP contribution in [0.15, 0.2) is 48.5 Å². The van der Waals surface area contributed by atoms with Gasteiger partial charge in [0.05, 0.1) is 16.9 Å². The van der Waals surface area contributed by atoms with Crippen LogP contribution in [0.5, 0.6) is 0 Å². The number of aromatic nitrogens is 2. The summed E-state index contributed by atoms with van der Waals surface area (Å²) in [5.74, 6) is 1.08. The number of fused-ring (bicyclic) bond motifs is 1. The summed E-state index contributed by atoms with van der Waals surface area (Å²) in [7, 11) is 0. The van der Waals surface area contributed by atoms with E-state index in [0.29, 0.717) is 28.7 Å². The molecule has 1 heterocycles. The number of nitrogens with one attached hydrogen (secondary N) is 1. The third kappa shape index (κ3) is 3.13. The van der Waals surface area contributed by atoms with Gasteiger partial charge in [0, 0.05) is 17.1 Å². The fourth-order valence-electron chi connectivity index (χ4n) is 3.50. The van der Waals surface area contributed by atoms with Crippen LogP contribution in [0.4, 0.5) is 11.5 Å². The number of rotatable bonds is 3. The van der Waals surface area contributed by atoms with Gasteiger partial charge in [-0.2, -0.15) is 0 Å². The molecule has 1 aromatic heterocycles. The van der Waals surface area contributed by atoms with Crippen LogP contribution >= 0.6 is 11.6 Å². The molecule has 4 nitrogen and oxygen atoms in total. The molecule has 4 rings (SSSR count). The third-order valence-corrected chi connectivity index (χ3v) is 4.94. The summed E-state index contributed by atoms with van der Waals surface area (Å²) in [6, 6.07) is 15.6. The molecule has 0 saturated carbocycles. The number of carbonyl (C=O) groups excluding carboxylic acids is 1. The van der Waals surface area contributed by atoms with Crippen molar-refractivity contribution in [1.82, 2.24) is 9.78 Å². The van der Waals surface area contributed by atoms with Crippen molar-refractivity contribution in [2.45, 2.75) is 26.7 Å². The van der Waals surface area contributed by atoms with Gasteiger partial charge in [0.2, 0.25) is 0 Å². The molecule has 5 heteroatoms. The van der Waals surface area contributed by atoms with E-state index in [4.69, 9.17) is 16.7 Å². The molecule has 0 saturated heterocycles. The Morgan fingerprint density at radius 2 is 1.92 bits per heavy atom. The largest absolute Gasteiger partial charge is 0.338 e. The first-order chi connectivity index (χ1) is 12.5. The van der Waals surface area contributed by atoms with Crippen molar-refractivity contribution < 1.29 is 4.79 Å². The lowest BCUT2D eigenvalue weighted by Crippen LogP contribution is -2.19. The average Bonchev–Trinajstić information content (AvgIpc) is 2.94. The first-order valence-electron chi connectivity index (χ1n) is 8.76. The maximum Gasteiger partial charge on any atom is 0.168 e. The number of hydrogen-bond donors (Lipinski definition) is 1. The molecule has 26 heavy (non-hydrogen) atoms. The molecule has 0 spiro atoms. The van der Waals surface area contributed by atoms with Gasteiger partial charge in [-0.15, -0.1) is 5.10 Å². The van der Waals surface area contributed by atoms with Crippen molar-refractivity contribution in [2.24, 2.45) is 5.92 Å². The zero-order chi connectivity index (χ0) is 18.3. The minimum Gasteiger partial charge on any atom is -0.338 e. The molecular formula is C21H20ClN3O. The second-order valence-electron chi connectivity index (χ2n) is 6.99. The number of anilines is 2. The van der Waals surface area contributed by atoms with Crippen LogP contribution in [0.1, 0.15) is 35.0 Å². The standard InChI is InChI=1S/C21H20ClN3O/c1-13-4-3-5-16(10-13)23-21-20-18(11-14(2)12-19(20)26)25(24-21)17-8-6-15(22)7-9-17/h3-10,14H,11-12H2,1-2H3,(H,23,24). The number of ketones is 1. The minimum atomic E-state index is 0.147. The Bertz CT molecular complexity index is 975. The maximum absolute atomic E-state index is 12.8. The van der Waals surface area contributed by atoms with Gasteiger partial charge < -0.3 is 5.32 Å². The second-order valence-corrected chi connectivity index (χ2v) is 7.43. The highest BCUT2D eigenvalue weighted by molar-refractivity contribution is 6.30. The Morgan fingerprint density at radius 1 is 1.15 bits per heavy atom. The van der Waals surface area contributed by atoms with Crippen molar-refractivity contribution in [3.8, 4) is 5.69 Å². The summed E-state index contributed by atoms with van der Waals surface area (Å²) in [4.78, 5) is 12.8. The van der Waals surface area contributed by atoms with Gasteiger partial charge in [-0.1, -0.05) is 30.7 Å². The van der Waals surface area contributed by atoms with Crippen molar-refractivity contribution in [1.29, 1.82) is 0 Å². The molecule has 1 aliphatic rings. The van der Waals surface area contributed by atoms with E-state index in [1.807, 2.05) is 60.1 Å². The molecule has 1 unspecified atom stereocenters. The average molecular weight is 366 g/mol. The zero-order valence-corrected chi connectivity index (χ0v) is 15.5. The van der Waals surface area contributed by atoms with E-state index >= 15 is 0 Å². The van der Waals surface area contributed by atoms with E-state index < -0.39 is 0 Å². The van der Waals surface area contributed by atoms with E-state index in [-0.39, 0.29) is 5.78 Å². The van der Waals surface area contributed by atoms with E-state index in [1.165, 1.54) is 0 Å². The van der Waals surface area contributed by atoms with Gasteiger partial charge in [0.25, 0.3) is 0 Å². The number of hydrogen-bond acceptors (Lipinski definition) is 3. The van der Waals surface area contributed by atoms with Crippen molar-refractivity contribution in [3.63, 3.8) is 0 Å². The lowest BCUT2D eigenvalue weighted by Gasteiger charge is -2.19. The van der Waals surface area contributed by atoms with E-state index in [0.717, 1.165) is 29.1 Å². The van der Waals surface area contributed by atoms with Crippen LogP contribution in [-0.4, -0.2) is 15.6 Å². The Labute approximate surface area is 157 Å². The van der Waals surface area contributed by atoms with Gasteiger partial charge in [-0.05, 0) is 61.2 Å². The second kappa shape index (κ2) is 6.61. The molecule has 2 aromatic carbocycles. The lowest BCUT2D eigenvalue weighted by atomic mass is 9.87. The Balaban J connectivity index is 1.83. The smallest absolute Gasteiger partial charge is 0.168 e. The first kappa shape index (κ1) is 16.9. The summed E-state index contributed by atoms with van der Waals surface area (Å²) in [6.45, 7) is 4.15. The molecule has 0 radical (unpaired) electrons. The Kier molecular flexibility index (Phi) is 4.29. The highest BCUT2D eigenvalue weighted by Crippen LogP contribution is 2.34. The molecule has 1 atom stereocenters. The predicted octanol–water partition coefficient (Wildman–Crippen LogP) is 5.34. The summed E-state index contributed by atoms with van der Waals surface area (Å²) < 4.78 is 1.87. The van der Waals surface area contributed by atoms with Gasteiger partial charge in [-0.25, -0.2) is 4.68 Å². The molecule has 0 bridgehead atoms. The van der Waals surface area contributed by atoms with Crippen molar-refractivity contribution >= 4 is 28.9 Å². The van der Waals surface area contributed by atoms with Crippen LogP contribution in [0.2, 0.25) is 5.02 Å². The number of benzene rings is 2. The van der Waals surface area contributed by atoms with E-state index in [2.05, 4.69) is 12.2 Å². The topological polar surface area (TPSA) is 46.9 Å². The normalized spacial score (nSPS) is 16.4. The first-order valence-corrected chi connectivity index (χ1v) is 9.14. The Hall–Kier alpha value is -2.59. The predicted molar refractivity (Wildman–Crippen MR) is 105 cm³/mol. The van der Waals surface area contributed by atoms with Crippen LogP contribution in [0.3, 0.4) is 0 Å². The van der Waals surface area contributed by atoms with Crippen LogP contribution in [-0.2, 0) is 6.42 Å². The number of halogens is 1.